The Morgan fingerprint density at radius 2 is 2.00 bits per heavy atom. The third kappa shape index (κ3) is 4.32. The second kappa shape index (κ2) is 8.13. The van der Waals surface area contributed by atoms with Crippen molar-refractivity contribution in [3.8, 4) is 11.5 Å². The van der Waals surface area contributed by atoms with E-state index in [-0.39, 0.29) is 23.4 Å². The average Bonchev–Trinajstić information content (AvgIpc) is 3.13. The molecule has 0 unspecified atom stereocenters. The number of nitro groups is 1. The molecule has 9 nitrogen and oxygen atoms in total. The summed E-state index contributed by atoms with van der Waals surface area (Å²) < 4.78 is 15.4. The quantitative estimate of drug-likeness (QED) is 0.445. The third-order valence-corrected chi connectivity index (χ3v) is 4.22. The Hall–Kier alpha value is -3.33. The molecule has 0 saturated carbocycles. The summed E-state index contributed by atoms with van der Waals surface area (Å²) >= 11 is 5.78. The normalized spacial score (nSPS) is 12.9. The molecule has 0 fully saturated rings. The molecular formula is C18H15ClN2O7. The number of hydrogen-bond acceptors (Lipinski definition) is 7. The minimum absolute atomic E-state index is 0.137. The first kappa shape index (κ1) is 19.4. The maximum absolute atomic E-state index is 12.1. The Morgan fingerprint density at radius 3 is 2.75 bits per heavy atom. The molecule has 3 rings (SSSR count). The lowest BCUT2D eigenvalue weighted by atomic mass is 10.1. The Balaban J connectivity index is 1.59. The van der Waals surface area contributed by atoms with Gasteiger partial charge in [0.15, 0.2) is 18.1 Å². The number of carbonyl (C=O) groups is 2. The number of fused-ring (bicyclic) bond motifs is 1. The maximum atomic E-state index is 12.1. The van der Waals surface area contributed by atoms with Gasteiger partial charge in [0.2, 0.25) is 6.79 Å². The van der Waals surface area contributed by atoms with Gasteiger partial charge in [-0.1, -0.05) is 17.7 Å². The monoisotopic (exact) mass is 406 g/mol. The van der Waals surface area contributed by atoms with E-state index in [9.17, 15) is 19.7 Å². The molecule has 28 heavy (non-hydrogen) atoms. The van der Waals surface area contributed by atoms with Gasteiger partial charge >= 0.3 is 5.97 Å². The summed E-state index contributed by atoms with van der Waals surface area (Å²) in [6.07, 6.45) is 0. The van der Waals surface area contributed by atoms with Crippen molar-refractivity contribution in [1.82, 2.24) is 5.32 Å². The van der Waals surface area contributed by atoms with Gasteiger partial charge in [-0.2, -0.15) is 0 Å². The molecule has 0 aliphatic carbocycles. The Kier molecular flexibility index (Phi) is 5.65. The van der Waals surface area contributed by atoms with Crippen molar-refractivity contribution in [2.75, 3.05) is 13.4 Å². The molecule has 2 aromatic rings. The lowest BCUT2D eigenvalue weighted by molar-refractivity contribution is -0.385. The number of amides is 1. The van der Waals surface area contributed by atoms with Crippen LogP contribution in [0.5, 0.6) is 11.5 Å². The molecule has 146 valence electrons. The molecule has 0 bridgehead atoms. The Morgan fingerprint density at radius 1 is 1.25 bits per heavy atom. The SMILES string of the molecule is C[C@@H](NC(=O)COC(=O)c1cc(Cl)ccc1[N+](=O)[O-])c1ccc2c(c1)OCO2. The van der Waals surface area contributed by atoms with Gasteiger partial charge in [0.1, 0.15) is 5.56 Å². The Labute approximate surface area is 164 Å². The number of hydrogen-bond donors (Lipinski definition) is 1. The van der Waals surface area contributed by atoms with Gasteiger partial charge in [-0.15, -0.1) is 0 Å². The minimum Gasteiger partial charge on any atom is -0.454 e. The fourth-order valence-corrected chi connectivity index (χ4v) is 2.76. The maximum Gasteiger partial charge on any atom is 0.345 e. The van der Waals surface area contributed by atoms with Crippen molar-refractivity contribution >= 4 is 29.2 Å². The van der Waals surface area contributed by atoms with Crippen LogP contribution in [0.4, 0.5) is 5.69 Å². The summed E-state index contributed by atoms with van der Waals surface area (Å²) in [6, 6.07) is 8.38. The van der Waals surface area contributed by atoms with Crippen LogP contribution in [-0.4, -0.2) is 30.2 Å². The molecule has 2 aromatic carbocycles. The van der Waals surface area contributed by atoms with Gasteiger partial charge in [-0.25, -0.2) is 4.79 Å². The first-order valence-electron chi connectivity index (χ1n) is 8.15. The van der Waals surface area contributed by atoms with Crippen LogP contribution < -0.4 is 14.8 Å². The number of halogens is 1. The number of ether oxygens (including phenoxy) is 3. The van der Waals surface area contributed by atoms with E-state index in [0.29, 0.717) is 11.5 Å². The molecule has 0 saturated heterocycles. The second-order valence-electron chi connectivity index (χ2n) is 5.90. The third-order valence-electron chi connectivity index (χ3n) is 3.98. The number of esters is 1. The van der Waals surface area contributed by atoms with Crippen LogP contribution in [0.2, 0.25) is 5.02 Å². The number of benzene rings is 2. The summed E-state index contributed by atoms with van der Waals surface area (Å²) in [4.78, 5) is 34.5. The lowest BCUT2D eigenvalue weighted by Crippen LogP contribution is -2.31. The van der Waals surface area contributed by atoms with Crippen LogP contribution in [0, 0.1) is 10.1 Å². The molecule has 0 radical (unpaired) electrons. The summed E-state index contributed by atoms with van der Waals surface area (Å²) in [6.45, 7) is 1.29. The van der Waals surface area contributed by atoms with E-state index in [2.05, 4.69) is 5.32 Å². The number of nitrogens with one attached hydrogen (secondary N) is 1. The van der Waals surface area contributed by atoms with Crippen LogP contribution in [0.1, 0.15) is 28.9 Å². The first-order chi connectivity index (χ1) is 13.3. The number of carbonyl (C=O) groups excluding carboxylic acids is 2. The molecule has 1 amide bonds. The number of rotatable bonds is 6. The van der Waals surface area contributed by atoms with Gasteiger partial charge in [-0.05, 0) is 36.8 Å². The van der Waals surface area contributed by atoms with E-state index in [4.69, 9.17) is 25.8 Å². The molecule has 1 atom stereocenters. The van der Waals surface area contributed by atoms with Crippen LogP contribution >= 0.6 is 11.6 Å². The number of nitro benzene ring substituents is 1. The highest BCUT2D eigenvalue weighted by Crippen LogP contribution is 2.34. The van der Waals surface area contributed by atoms with Crippen LogP contribution in [0.3, 0.4) is 0 Å². The lowest BCUT2D eigenvalue weighted by Gasteiger charge is -2.15. The van der Waals surface area contributed by atoms with Gasteiger partial charge in [0.25, 0.3) is 11.6 Å². The predicted molar refractivity (Wildman–Crippen MR) is 97.5 cm³/mol. The van der Waals surface area contributed by atoms with E-state index >= 15 is 0 Å². The van der Waals surface area contributed by atoms with Gasteiger partial charge in [-0.3, -0.25) is 14.9 Å². The van der Waals surface area contributed by atoms with Gasteiger partial charge in [0, 0.05) is 11.1 Å². The fourth-order valence-electron chi connectivity index (χ4n) is 2.59. The molecule has 0 spiro atoms. The molecule has 1 heterocycles. The summed E-state index contributed by atoms with van der Waals surface area (Å²) in [5.41, 5.74) is -0.00735. The molecule has 1 aliphatic rings. The van der Waals surface area contributed by atoms with Crippen molar-refractivity contribution in [3.05, 3.63) is 62.7 Å². The van der Waals surface area contributed by atoms with E-state index in [1.165, 1.54) is 6.07 Å². The predicted octanol–water partition coefficient (Wildman–Crippen LogP) is 3.01. The van der Waals surface area contributed by atoms with E-state index < -0.39 is 29.1 Å². The van der Waals surface area contributed by atoms with Crippen molar-refractivity contribution < 1.29 is 28.7 Å². The molecule has 1 aliphatic heterocycles. The summed E-state index contributed by atoms with van der Waals surface area (Å²) in [5, 5.41) is 13.8. The van der Waals surface area contributed by atoms with Crippen molar-refractivity contribution in [2.24, 2.45) is 0 Å². The molecular weight excluding hydrogens is 392 g/mol. The Bertz CT molecular complexity index is 948. The van der Waals surface area contributed by atoms with E-state index in [1.54, 1.807) is 25.1 Å². The van der Waals surface area contributed by atoms with Crippen molar-refractivity contribution in [1.29, 1.82) is 0 Å². The zero-order chi connectivity index (χ0) is 20.3. The zero-order valence-electron chi connectivity index (χ0n) is 14.6. The highest BCUT2D eigenvalue weighted by molar-refractivity contribution is 6.31. The van der Waals surface area contributed by atoms with Crippen molar-refractivity contribution in [3.63, 3.8) is 0 Å². The molecule has 10 heteroatoms. The first-order valence-corrected chi connectivity index (χ1v) is 8.53. The fraction of sp³-hybridized carbons (Fsp3) is 0.222. The van der Waals surface area contributed by atoms with Crippen molar-refractivity contribution in [2.45, 2.75) is 13.0 Å². The highest BCUT2D eigenvalue weighted by atomic mass is 35.5. The minimum atomic E-state index is -1.01. The topological polar surface area (TPSA) is 117 Å². The highest BCUT2D eigenvalue weighted by Gasteiger charge is 2.23. The van der Waals surface area contributed by atoms with Crippen LogP contribution in [0.25, 0.3) is 0 Å². The van der Waals surface area contributed by atoms with Crippen LogP contribution in [0.15, 0.2) is 36.4 Å². The van der Waals surface area contributed by atoms with Gasteiger partial charge in [0.05, 0.1) is 11.0 Å². The smallest absolute Gasteiger partial charge is 0.345 e. The molecule has 0 aromatic heterocycles. The average molecular weight is 407 g/mol. The largest absolute Gasteiger partial charge is 0.454 e. The van der Waals surface area contributed by atoms with E-state index in [1.807, 2.05) is 0 Å². The van der Waals surface area contributed by atoms with Gasteiger partial charge < -0.3 is 19.5 Å². The standard InChI is InChI=1S/C18H15ClN2O7/c1-10(11-2-5-15-16(6-11)28-9-27-15)20-17(22)8-26-18(23)13-7-12(19)3-4-14(13)21(24)25/h2-7,10H,8-9H2,1H3,(H,20,22)/t10-/m1/s1. The van der Waals surface area contributed by atoms with Crippen LogP contribution in [-0.2, 0) is 9.53 Å². The second-order valence-corrected chi connectivity index (χ2v) is 6.33. The number of nitrogens with zero attached hydrogens (tertiary/aromatic N) is 1. The molecule has 1 N–H and O–H groups in total. The summed E-state index contributed by atoms with van der Waals surface area (Å²) in [5.74, 6) is -0.374. The van der Waals surface area contributed by atoms with E-state index in [0.717, 1.165) is 17.7 Å². The zero-order valence-corrected chi connectivity index (χ0v) is 15.4. The summed E-state index contributed by atoms with van der Waals surface area (Å²) in [7, 11) is 0.